The summed E-state index contributed by atoms with van der Waals surface area (Å²) in [6.45, 7) is 5.80. The molecule has 0 unspecified atom stereocenters. The van der Waals surface area contributed by atoms with Gasteiger partial charge in [-0.05, 0) is 26.0 Å². The van der Waals surface area contributed by atoms with Crippen molar-refractivity contribution in [3.63, 3.8) is 0 Å². The summed E-state index contributed by atoms with van der Waals surface area (Å²) in [6, 6.07) is 7.71. The first-order valence-electron chi connectivity index (χ1n) is 6.46. The van der Waals surface area contributed by atoms with Gasteiger partial charge < -0.3 is 19.5 Å². The zero-order valence-corrected chi connectivity index (χ0v) is 11.5. The van der Waals surface area contributed by atoms with E-state index in [1.807, 2.05) is 31.2 Å². The topological polar surface area (TPSA) is 56.8 Å². The normalized spacial score (nSPS) is 10.0. The van der Waals surface area contributed by atoms with Crippen LogP contribution in [-0.2, 0) is 14.3 Å². The molecule has 0 spiro atoms. The van der Waals surface area contributed by atoms with Crippen molar-refractivity contribution < 1.29 is 19.0 Å². The Balaban J connectivity index is 2.18. The number of carbonyl (C=O) groups is 1. The maximum absolute atomic E-state index is 11.0. The van der Waals surface area contributed by atoms with Crippen LogP contribution in [0.1, 0.15) is 13.8 Å². The van der Waals surface area contributed by atoms with Gasteiger partial charge in [-0.15, -0.1) is 0 Å². The Morgan fingerprint density at radius 2 is 2.11 bits per heavy atom. The van der Waals surface area contributed by atoms with Gasteiger partial charge in [-0.2, -0.15) is 0 Å². The number of esters is 1. The highest BCUT2D eigenvalue weighted by Crippen LogP contribution is 2.16. The summed E-state index contributed by atoms with van der Waals surface area (Å²) >= 11 is 0. The fourth-order valence-electron chi connectivity index (χ4n) is 1.49. The van der Waals surface area contributed by atoms with Crippen LogP contribution in [0.15, 0.2) is 24.3 Å². The number of hydrogen-bond acceptors (Lipinski definition) is 5. The van der Waals surface area contributed by atoms with Gasteiger partial charge in [0.15, 0.2) is 0 Å². The number of benzene rings is 1. The summed E-state index contributed by atoms with van der Waals surface area (Å²) in [7, 11) is 0. The van der Waals surface area contributed by atoms with Gasteiger partial charge in [0.1, 0.15) is 12.4 Å². The Morgan fingerprint density at radius 1 is 1.26 bits per heavy atom. The lowest BCUT2D eigenvalue weighted by Crippen LogP contribution is -2.16. The minimum absolute atomic E-state index is 0.00545. The Labute approximate surface area is 113 Å². The van der Waals surface area contributed by atoms with E-state index in [0.717, 1.165) is 11.4 Å². The van der Waals surface area contributed by atoms with Crippen molar-refractivity contribution in [3.8, 4) is 5.75 Å². The summed E-state index contributed by atoms with van der Waals surface area (Å²) in [5, 5.41) is 3.19. The molecule has 1 aromatic carbocycles. The lowest BCUT2D eigenvalue weighted by Gasteiger charge is -2.09. The molecule has 0 aliphatic rings. The number of hydrogen-bond donors (Lipinski definition) is 1. The first-order valence-corrected chi connectivity index (χ1v) is 6.46. The van der Waals surface area contributed by atoms with Crippen molar-refractivity contribution in [2.45, 2.75) is 13.8 Å². The van der Waals surface area contributed by atoms with Gasteiger partial charge in [-0.3, -0.25) is 0 Å². The molecule has 5 nitrogen and oxygen atoms in total. The second-order valence-corrected chi connectivity index (χ2v) is 3.75. The molecule has 1 N–H and O–H groups in total. The van der Waals surface area contributed by atoms with Crippen LogP contribution in [0.5, 0.6) is 5.75 Å². The van der Waals surface area contributed by atoms with Gasteiger partial charge in [-0.25, -0.2) is 4.79 Å². The molecule has 0 radical (unpaired) electrons. The third-order valence-corrected chi connectivity index (χ3v) is 2.25. The van der Waals surface area contributed by atoms with Crippen molar-refractivity contribution in [1.29, 1.82) is 0 Å². The highest BCUT2D eigenvalue weighted by Gasteiger charge is 2.00. The number of carbonyl (C=O) groups excluding carboxylic acids is 1. The van der Waals surface area contributed by atoms with E-state index in [1.165, 1.54) is 0 Å². The van der Waals surface area contributed by atoms with Crippen LogP contribution >= 0.6 is 0 Å². The molecule has 106 valence electrons. The molecule has 0 aliphatic heterocycles. The Hall–Kier alpha value is -1.75. The molecule has 0 saturated heterocycles. The van der Waals surface area contributed by atoms with Crippen molar-refractivity contribution >= 4 is 11.7 Å². The van der Waals surface area contributed by atoms with Crippen LogP contribution in [-0.4, -0.2) is 38.9 Å². The zero-order valence-electron chi connectivity index (χ0n) is 11.5. The number of ether oxygens (including phenoxy) is 3. The van der Waals surface area contributed by atoms with Crippen LogP contribution in [0.25, 0.3) is 0 Å². The smallest absolute Gasteiger partial charge is 0.332 e. The molecule has 1 rings (SSSR count). The molecule has 0 aromatic heterocycles. The van der Waals surface area contributed by atoms with Gasteiger partial charge >= 0.3 is 5.97 Å². The highest BCUT2D eigenvalue weighted by atomic mass is 16.6. The van der Waals surface area contributed by atoms with Crippen LogP contribution in [0, 0.1) is 0 Å². The third-order valence-electron chi connectivity index (χ3n) is 2.25. The van der Waals surface area contributed by atoms with Crippen molar-refractivity contribution in [1.82, 2.24) is 0 Å². The Morgan fingerprint density at radius 3 is 2.84 bits per heavy atom. The second kappa shape index (κ2) is 9.22. The monoisotopic (exact) mass is 267 g/mol. The molecule has 0 atom stereocenters. The maximum Gasteiger partial charge on any atom is 0.332 e. The summed E-state index contributed by atoms with van der Waals surface area (Å²) in [5.74, 6) is 0.501. The predicted octanol–water partition coefficient (Wildman–Crippen LogP) is 2.08. The third kappa shape index (κ3) is 6.67. The van der Waals surface area contributed by atoms with Crippen molar-refractivity contribution in [3.05, 3.63) is 24.3 Å². The van der Waals surface area contributed by atoms with E-state index in [-0.39, 0.29) is 12.6 Å². The first kappa shape index (κ1) is 15.3. The summed E-state index contributed by atoms with van der Waals surface area (Å²) < 4.78 is 15.3. The molecule has 0 bridgehead atoms. The van der Waals surface area contributed by atoms with Gasteiger partial charge in [0.2, 0.25) is 0 Å². The lowest BCUT2D eigenvalue weighted by atomic mass is 10.3. The average Bonchev–Trinajstić information content (AvgIpc) is 2.39. The van der Waals surface area contributed by atoms with E-state index in [9.17, 15) is 4.79 Å². The highest BCUT2D eigenvalue weighted by molar-refractivity contribution is 5.70. The predicted molar refractivity (Wildman–Crippen MR) is 73.6 cm³/mol. The Kier molecular flexibility index (Phi) is 7.43. The van der Waals surface area contributed by atoms with E-state index >= 15 is 0 Å². The number of rotatable bonds is 9. The molecule has 1 aromatic rings. The lowest BCUT2D eigenvalue weighted by molar-refractivity contribution is -0.148. The summed E-state index contributed by atoms with van der Waals surface area (Å²) in [6.07, 6.45) is 0. The maximum atomic E-state index is 11.0. The molecule has 0 heterocycles. The standard InChI is InChI=1S/C14H21NO4/c1-3-18-13-7-5-6-12(10-13)15-8-9-17-11-14(16)19-4-2/h5-7,10,15H,3-4,8-9,11H2,1-2H3. The molecular formula is C14H21NO4. The van der Waals surface area contributed by atoms with E-state index in [4.69, 9.17) is 14.2 Å². The SMILES string of the molecule is CCOC(=O)COCCNc1cccc(OCC)c1. The van der Waals surface area contributed by atoms with E-state index in [2.05, 4.69) is 5.32 Å². The van der Waals surface area contributed by atoms with E-state index in [0.29, 0.717) is 26.4 Å². The van der Waals surface area contributed by atoms with Gasteiger partial charge in [0, 0.05) is 18.3 Å². The average molecular weight is 267 g/mol. The van der Waals surface area contributed by atoms with Crippen LogP contribution in [0.4, 0.5) is 5.69 Å². The molecule has 0 fully saturated rings. The number of anilines is 1. The van der Waals surface area contributed by atoms with Gasteiger partial charge in [-0.1, -0.05) is 6.07 Å². The van der Waals surface area contributed by atoms with E-state index < -0.39 is 0 Å². The van der Waals surface area contributed by atoms with Crippen LogP contribution < -0.4 is 10.1 Å². The Bertz CT molecular complexity index is 381. The minimum Gasteiger partial charge on any atom is -0.494 e. The molecular weight excluding hydrogens is 246 g/mol. The molecule has 0 amide bonds. The minimum atomic E-state index is -0.333. The fourth-order valence-corrected chi connectivity index (χ4v) is 1.49. The molecule has 19 heavy (non-hydrogen) atoms. The van der Waals surface area contributed by atoms with Crippen molar-refractivity contribution in [2.75, 3.05) is 38.3 Å². The molecule has 5 heteroatoms. The second-order valence-electron chi connectivity index (χ2n) is 3.75. The van der Waals surface area contributed by atoms with Crippen LogP contribution in [0.3, 0.4) is 0 Å². The summed E-state index contributed by atoms with van der Waals surface area (Å²) in [4.78, 5) is 11.0. The summed E-state index contributed by atoms with van der Waals surface area (Å²) in [5.41, 5.74) is 0.964. The quantitative estimate of drug-likeness (QED) is 0.548. The molecule has 0 saturated carbocycles. The van der Waals surface area contributed by atoms with Crippen molar-refractivity contribution in [2.24, 2.45) is 0 Å². The number of nitrogens with one attached hydrogen (secondary N) is 1. The molecule has 0 aliphatic carbocycles. The largest absolute Gasteiger partial charge is 0.494 e. The fraction of sp³-hybridized carbons (Fsp3) is 0.500. The van der Waals surface area contributed by atoms with Gasteiger partial charge in [0.05, 0.1) is 19.8 Å². The van der Waals surface area contributed by atoms with Gasteiger partial charge in [0.25, 0.3) is 0 Å². The van der Waals surface area contributed by atoms with E-state index in [1.54, 1.807) is 6.92 Å². The first-order chi connectivity index (χ1) is 9.26. The zero-order chi connectivity index (χ0) is 13.9. The van der Waals surface area contributed by atoms with Crippen LogP contribution in [0.2, 0.25) is 0 Å².